The maximum Gasteiger partial charge on any atom is 0.262 e. The second kappa shape index (κ2) is 11.0. The minimum absolute atomic E-state index is 0.115. The van der Waals surface area contributed by atoms with E-state index in [1.54, 1.807) is 42.6 Å². The number of aromatic nitrogens is 1. The van der Waals surface area contributed by atoms with Gasteiger partial charge < -0.3 is 24.6 Å². The molecule has 8 heteroatoms. The molecule has 0 bridgehead atoms. The van der Waals surface area contributed by atoms with E-state index >= 15 is 0 Å². The zero-order valence-electron chi connectivity index (χ0n) is 18.5. The fraction of sp³-hybridized carbons (Fsp3) is 0.280. The molecule has 1 aliphatic heterocycles. The summed E-state index contributed by atoms with van der Waals surface area (Å²) >= 11 is 6.20. The Balaban J connectivity index is 1.33. The molecule has 2 aromatic carbocycles. The fourth-order valence-electron chi connectivity index (χ4n) is 3.66. The molecule has 0 saturated carbocycles. The maximum atomic E-state index is 12.6. The predicted molar refractivity (Wildman–Crippen MR) is 131 cm³/mol. The van der Waals surface area contributed by atoms with Crippen LogP contribution in [0.15, 0.2) is 66.9 Å². The van der Waals surface area contributed by atoms with Gasteiger partial charge in [-0.05, 0) is 55.1 Å². The highest BCUT2D eigenvalue weighted by molar-refractivity contribution is 6.31. The minimum atomic E-state index is -0.250. The minimum Gasteiger partial charge on any atom is -0.484 e. The smallest absolute Gasteiger partial charge is 0.262 e. The van der Waals surface area contributed by atoms with Crippen LogP contribution in [0.5, 0.6) is 17.4 Å². The molecule has 4 rings (SSSR count). The van der Waals surface area contributed by atoms with Crippen molar-refractivity contribution in [2.24, 2.45) is 0 Å². The van der Waals surface area contributed by atoms with Crippen molar-refractivity contribution in [1.29, 1.82) is 0 Å². The maximum absolute atomic E-state index is 12.6. The Labute approximate surface area is 198 Å². The van der Waals surface area contributed by atoms with Gasteiger partial charge in [-0.15, -0.1) is 0 Å². The van der Waals surface area contributed by atoms with Gasteiger partial charge >= 0.3 is 0 Å². The molecule has 0 atom stereocenters. The molecule has 1 amide bonds. The van der Waals surface area contributed by atoms with E-state index in [4.69, 9.17) is 21.1 Å². The van der Waals surface area contributed by atoms with Gasteiger partial charge in [-0.2, -0.15) is 0 Å². The first kappa shape index (κ1) is 22.9. The summed E-state index contributed by atoms with van der Waals surface area (Å²) in [6.45, 7) is 6.90. The highest BCUT2D eigenvalue weighted by atomic mass is 35.5. The standard InChI is InChI=1S/C25H27ClN4O3/c1-2-29-13-15-30(16-14-29)23-11-6-19(26)17-22(23)28-24(31)18-32-20-7-9-21(10-8-20)33-25-5-3-4-12-27-25/h3-12,17H,2,13-16,18H2,1H3,(H,28,31). The molecule has 3 aromatic rings. The van der Waals surface area contributed by atoms with E-state index in [1.165, 1.54) is 0 Å². The van der Waals surface area contributed by atoms with Gasteiger partial charge in [-0.1, -0.05) is 24.6 Å². The number of pyridine rings is 1. The van der Waals surface area contributed by atoms with E-state index in [2.05, 4.69) is 27.0 Å². The number of hydrogen-bond acceptors (Lipinski definition) is 6. The molecule has 172 valence electrons. The second-order valence-corrected chi connectivity index (χ2v) is 8.10. The van der Waals surface area contributed by atoms with Crippen molar-refractivity contribution in [1.82, 2.24) is 9.88 Å². The van der Waals surface area contributed by atoms with Crippen LogP contribution in [0, 0.1) is 0 Å². The molecule has 1 aliphatic rings. The van der Waals surface area contributed by atoms with Crippen molar-refractivity contribution in [3.63, 3.8) is 0 Å². The molecule has 2 heterocycles. The number of rotatable bonds is 8. The number of anilines is 2. The van der Waals surface area contributed by atoms with Crippen LogP contribution in [0.1, 0.15) is 6.92 Å². The quantitative estimate of drug-likeness (QED) is 0.519. The molecule has 7 nitrogen and oxygen atoms in total. The molecule has 1 saturated heterocycles. The summed E-state index contributed by atoms with van der Waals surface area (Å²) in [5, 5.41) is 3.53. The summed E-state index contributed by atoms with van der Waals surface area (Å²) in [6, 6.07) is 18.1. The third kappa shape index (κ3) is 6.37. The van der Waals surface area contributed by atoms with Gasteiger partial charge in [-0.3, -0.25) is 4.79 Å². The lowest BCUT2D eigenvalue weighted by Crippen LogP contribution is -2.46. The summed E-state index contributed by atoms with van der Waals surface area (Å²) in [5.74, 6) is 1.47. The molecule has 0 spiro atoms. The van der Waals surface area contributed by atoms with E-state index in [0.717, 1.165) is 38.4 Å². The van der Waals surface area contributed by atoms with Crippen LogP contribution < -0.4 is 19.7 Å². The number of piperazine rings is 1. The van der Waals surface area contributed by atoms with Crippen LogP contribution in [0.3, 0.4) is 0 Å². The second-order valence-electron chi connectivity index (χ2n) is 7.66. The molecular weight excluding hydrogens is 440 g/mol. The summed E-state index contributed by atoms with van der Waals surface area (Å²) in [4.78, 5) is 21.4. The first-order chi connectivity index (χ1) is 16.1. The fourth-order valence-corrected chi connectivity index (χ4v) is 3.83. The number of nitrogens with zero attached hydrogens (tertiary/aromatic N) is 3. The van der Waals surface area contributed by atoms with Crippen molar-refractivity contribution in [3.8, 4) is 17.4 Å². The van der Waals surface area contributed by atoms with Crippen molar-refractivity contribution < 1.29 is 14.3 Å². The molecule has 0 unspecified atom stereocenters. The number of nitrogens with one attached hydrogen (secondary N) is 1. The van der Waals surface area contributed by atoms with Crippen LogP contribution in [0.25, 0.3) is 0 Å². The lowest BCUT2D eigenvalue weighted by Gasteiger charge is -2.36. The number of benzene rings is 2. The molecular formula is C25H27ClN4O3. The van der Waals surface area contributed by atoms with E-state index in [9.17, 15) is 4.79 Å². The van der Waals surface area contributed by atoms with Gasteiger partial charge in [0.2, 0.25) is 5.88 Å². The lowest BCUT2D eigenvalue weighted by molar-refractivity contribution is -0.118. The molecule has 1 fully saturated rings. The normalized spacial score (nSPS) is 14.1. The SMILES string of the molecule is CCN1CCN(c2ccc(Cl)cc2NC(=O)COc2ccc(Oc3ccccn3)cc2)CC1. The van der Waals surface area contributed by atoms with Gasteiger partial charge in [0, 0.05) is 43.5 Å². The third-order valence-corrected chi connectivity index (χ3v) is 5.68. The molecule has 0 aliphatic carbocycles. The topological polar surface area (TPSA) is 66.9 Å². The molecule has 33 heavy (non-hydrogen) atoms. The third-order valence-electron chi connectivity index (χ3n) is 5.45. The van der Waals surface area contributed by atoms with E-state index in [0.29, 0.717) is 28.1 Å². The number of carbonyl (C=O) groups is 1. The molecule has 1 N–H and O–H groups in total. The lowest BCUT2D eigenvalue weighted by atomic mass is 10.2. The summed E-state index contributed by atoms with van der Waals surface area (Å²) < 4.78 is 11.3. The Hall–Kier alpha value is -3.29. The average molecular weight is 467 g/mol. The van der Waals surface area contributed by atoms with Crippen LogP contribution >= 0.6 is 11.6 Å². The zero-order valence-corrected chi connectivity index (χ0v) is 19.3. The number of hydrogen-bond donors (Lipinski definition) is 1. The first-order valence-corrected chi connectivity index (χ1v) is 11.4. The van der Waals surface area contributed by atoms with Gasteiger partial charge in [0.15, 0.2) is 6.61 Å². The van der Waals surface area contributed by atoms with Gasteiger partial charge in [-0.25, -0.2) is 4.98 Å². The van der Waals surface area contributed by atoms with E-state index in [-0.39, 0.29) is 12.5 Å². The molecule has 1 aromatic heterocycles. The van der Waals surface area contributed by atoms with Crippen molar-refractivity contribution in [2.75, 3.05) is 49.5 Å². The number of carbonyl (C=O) groups excluding carboxylic acids is 1. The van der Waals surface area contributed by atoms with Gasteiger partial charge in [0.25, 0.3) is 5.91 Å². The number of ether oxygens (including phenoxy) is 2. The Kier molecular flexibility index (Phi) is 7.65. The summed E-state index contributed by atoms with van der Waals surface area (Å²) in [6.07, 6.45) is 1.67. The van der Waals surface area contributed by atoms with Gasteiger partial charge in [0.1, 0.15) is 11.5 Å². The van der Waals surface area contributed by atoms with Crippen LogP contribution in [-0.4, -0.2) is 55.1 Å². The van der Waals surface area contributed by atoms with Crippen LogP contribution in [0.4, 0.5) is 11.4 Å². The van der Waals surface area contributed by atoms with Crippen LogP contribution in [-0.2, 0) is 4.79 Å². The Bertz CT molecular complexity index is 1060. The highest BCUT2D eigenvalue weighted by Crippen LogP contribution is 2.30. The van der Waals surface area contributed by atoms with Crippen LogP contribution in [0.2, 0.25) is 5.02 Å². The van der Waals surface area contributed by atoms with Crippen molar-refractivity contribution in [3.05, 3.63) is 71.9 Å². The van der Waals surface area contributed by atoms with E-state index in [1.807, 2.05) is 24.3 Å². The average Bonchev–Trinajstić information content (AvgIpc) is 2.84. The Morgan fingerprint density at radius 3 is 2.48 bits per heavy atom. The first-order valence-electron chi connectivity index (χ1n) is 11.0. The largest absolute Gasteiger partial charge is 0.484 e. The van der Waals surface area contributed by atoms with Crippen molar-refractivity contribution >= 4 is 28.9 Å². The number of amides is 1. The highest BCUT2D eigenvalue weighted by Gasteiger charge is 2.19. The monoisotopic (exact) mass is 466 g/mol. The molecule has 0 radical (unpaired) electrons. The predicted octanol–water partition coefficient (Wildman–Crippen LogP) is 4.69. The van der Waals surface area contributed by atoms with Crippen molar-refractivity contribution in [2.45, 2.75) is 6.92 Å². The Morgan fingerprint density at radius 1 is 1.03 bits per heavy atom. The Morgan fingerprint density at radius 2 is 1.79 bits per heavy atom. The number of likely N-dealkylation sites (N-methyl/N-ethyl adjacent to an activating group) is 1. The zero-order chi connectivity index (χ0) is 23.0. The van der Waals surface area contributed by atoms with E-state index < -0.39 is 0 Å². The summed E-state index contributed by atoms with van der Waals surface area (Å²) in [7, 11) is 0. The number of halogens is 1. The summed E-state index contributed by atoms with van der Waals surface area (Å²) in [5.41, 5.74) is 1.67. The van der Waals surface area contributed by atoms with Gasteiger partial charge in [0.05, 0.1) is 11.4 Å².